The van der Waals surface area contributed by atoms with Gasteiger partial charge in [0.2, 0.25) is 5.91 Å². The molecule has 6 rings (SSSR count). The average Bonchev–Trinajstić information content (AvgIpc) is 3.80. The van der Waals surface area contributed by atoms with E-state index >= 15 is 0 Å². The fourth-order valence-corrected chi connectivity index (χ4v) is 5.63. The number of carbonyl (C=O) groups excluding carboxylic acids is 1. The van der Waals surface area contributed by atoms with Crippen molar-refractivity contribution in [2.24, 2.45) is 0 Å². The molecule has 3 heterocycles. The number of amides is 1. The zero-order chi connectivity index (χ0) is 23.8. The molecule has 1 unspecified atom stereocenters. The molecule has 0 spiro atoms. The number of ether oxygens (including phenoxy) is 1. The normalized spacial score (nSPS) is 23.5. The number of nitrogens with zero attached hydrogens (tertiary/aromatic N) is 1. The van der Waals surface area contributed by atoms with E-state index in [2.05, 4.69) is 58.1 Å². The fraction of sp³-hybridized carbons (Fsp3) is 0.464. The topological polar surface area (TPSA) is 65.6 Å². The van der Waals surface area contributed by atoms with Gasteiger partial charge in [0.1, 0.15) is 12.4 Å². The van der Waals surface area contributed by atoms with E-state index in [-0.39, 0.29) is 11.9 Å². The van der Waals surface area contributed by atoms with Crippen molar-refractivity contribution in [3.63, 3.8) is 0 Å². The summed E-state index contributed by atoms with van der Waals surface area (Å²) in [6.45, 7) is 4.60. The summed E-state index contributed by atoms with van der Waals surface area (Å²) in [5.74, 6) is 4.20. The van der Waals surface area contributed by atoms with Crippen LogP contribution >= 0.6 is 11.8 Å². The molecule has 5 aliphatic rings. The first-order valence-corrected chi connectivity index (χ1v) is 14.0. The predicted octanol–water partition coefficient (Wildman–Crippen LogP) is 4.22. The third-order valence-electron chi connectivity index (χ3n) is 7.22. The van der Waals surface area contributed by atoms with Gasteiger partial charge < -0.3 is 25.6 Å². The molecule has 0 bridgehead atoms. The van der Waals surface area contributed by atoms with E-state index in [0.717, 1.165) is 35.7 Å². The molecule has 6 nitrogen and oxygen atoms in total. The van der Waals surface area contributed by atoms with Crippen LogP contribution in [0.3, 0.4) is 0 Å². The van der Waals surface area contributed by atoms with E-state index in [0.29, 0.717) is 25.3 Å². The first-order valence-electron chi connectivity index (χ1n) is 13.0. The summed E-state index contributed by atoms with van der Waals surface area (Å²) in [6, 6.07) is 7.29. The van der Waals surface area contributed by atoms with E-state index in [1.807, 2.05) is 12.3 Å². The quantitative estimate of drug-likeness (QED) is 0.507. The molecule has 2 aliphatic carbocycles. The molecule has 2 saturated carbocycles. The van der Waals surface area contributed by atoms with Gasteiger partial charge in [-0.2, -0.15) is 0 Å². The first-order chi connectivity index (χ1) is 17.2. The summed E-state index contributed by atoms with van der Waals surface area (Å²) in [4.78, 5) is 16.5. The van der Waals surface area contributed by atoms with Gasteiger partial charge >= 0.3 is 0 Å². The Morgan fingerprint density at radius 2 is 1.94 bits per heavy atom. The summed E-state index contributed by atoms with van der Waals surface area (Å²) in [7, 11) is 0. The molecule has 1 atom stereocenters. The molecule has 0 aromatic heterocycles. The number of dihydropyridines is 2. The van der Waals surface area contributed by atoms with Crippen LogP contribution in [0, 0.1) is 0 Å². The van der Waals surface area contributed by atoms with Gasteiger partial charge in [0.05, 0.1) is 12.6 Å². The van der Waals surface area contributed by atoms with Gasteiger partial charge in [-0.15, -0.1) is 11.8 Å². The number of rotatable bonds is 8. The van der Waals surface area contributed by atoms with Crippen LogP contribution in [0.4, 0.5) is 5.69 Å². The van der Waals surface area contributed by atoms with Crippen molar-refractivity contribution in [1.29, 1.82) is 0 Å². The molecule has 2 fully saturated rings. The number of benzene rings is 1. The number of thioether (sulfide) groups is 1. The highest BCUT2D eigenvalue weighted by Gasteiger charge is 2.32. The highest BCUT2D eigenvalue weighted by atomic mass is 32.2. The number of hydrogen-bond donors (Lipinski definition) is 3. The van der Waals surface area contributed by atoms with Crippen LogP contribution in [0.25, 0.3) is 0 Å². The maximum Gasteiger partial charge on any atom is 0.249 e. The van der Waals surface area contributed by atoms with Crippen LogP contribution in [0.5, 0.6) is 0 Å². The minimum Gasteiger partial charge on any atom is -0.488 e. The van der Waals surface area contributed by atoms with E-state index in [1.54, 1.807) is 11.8 Å². The lowest BCUT2D eigenvalue weighted by molar-refractivity contribution is -0.117. The second kappa shape index (κ2) is 9.69. The summed E-state index contributed by atoms with van der Waals surface area (Å²) >= 11 is 1.80. The Hall–Kier alpha value is -2.80. The number of nitrogens with one attached hydrogen (secondary N) is 3. The number of allylic oxidation sites excluding steroid dienone is 2. The van der Waals surface area contributed by atoms with Crippen molar-refractivity contribution in [2.75, 3.05) is 36.9 Å². The number of carbonyl (C=O) groups is 1. The number of anilines is 1. The van der Waals surface area contributed by atoms with Crippen LogP contribution in [0.1, 0.15) is 55.6 Å². The molecule has 1 amide bonds. The molecule has 184 valence electrons. The second-order valence-electron chi connectivity index (χ2n) is 9.96. The molecule has 1 aromatic carbocycles. The SMILES string of the molecule is CCSC1=CNC(CNC(=O)C2=CC3=C(NC2)N(c2cc(C4CC4)cc(C4CC4)c2)CCO3)C=C1. The van der Waals surface area contributed by atoms with E-state index in [9.17, 15) is 4.79 Å². The Kier molecular flexibility index (Phi) is 6.27. The third-order valence-corrected chi connectivity index (χ3v) is 8.09. The van der Waals surface area contributed by atoms with Crippen LogP contribution in [-0.4, -0.2) is 43.9 Å². The van der Waals surface area contributed by atoms with Gasteiger partial charge in [0.25, 0.3) is 0 Å². The minimum absolute atomic E-state index is 0.0515. The van der Waals surface area contributed by atoms with Gasteiger partial charge in [-0.3, -0.25) is 4.79 Å². The molecule has 1 aromatic rings. The third kappa shape index (κ3) is 5.10. The summed E-state index contributed by atoms with van der Waals surface area (Å²) in [6.07, 6.45) is 13.4. The predicted molar refractivity (Wildman–Crippen MR) is 142 cm³/mol. The van der Waals surface area contributed by atoms with Gasteiger partial charge in [0, 0.05) is 35.5 Å². The lowest BCUT2D eigenvalue weighted by Gasteiger charge is -2.36. The van der Waals surface area contributed by atoms with Crippen molar-refractivity contribution in [1.82, 2.24) is 16.0 Å². The monoisotopic (exact) mass is 490 g/mol. The maximum absolute atomic E-state index is 12.9. The highest BCUT2D eigenvalue weighted by molar-refractivity contribution is 8.03. The Bertz CT molecular complexity index is 1100. The highest BCUT2D eigenvalue weighted by Crippen LogP contribution is 2.47. The number of hydrogen-bond acceptors (Lipinski definition) is 6. The zero-order valence-corrected chi connectivity index (χ0v) is 21.1. The van der Waals surface area contributed by atoms with Crippen molar-refractivity contribution in [3.8, 4) is 0 Å². The van der Waals surface area contributed by atoms with E-state index < -0.39 is 0 Å². The van der Waals surface area contributed by atoms with Crippen LogP contribution in [0.2, 0.25) is 0 Å². The van der Waals surface area contributed by atoms with Crippen LogP contribution in [-0.2, 0) is 9.53 Å². The minimum atomic E-state index is -0.0515. The van der Waals surface area contributed by atoms with Gasteiger partial charge in [-0.1, -0.05) is 19.1 Å². The Balaban J connectivity index is 1.15. The van der Waals surface area contributed by atoms with Crippen LogP contribution < -0.4 is 20.9 Å². The zero-order valence-electron chi connectivity index (χ0n) is 20.3. The maximum atomic E-state index is 12.9. The van der Waals surface area contributed by atoms with Gasteiger partial charge in [-0.05, 0) is 78.7 Å². The second-order valence-corrected chi connectivity index (χ2v) is 11.3. The summed E-state index contributed by atoms with van der Waals surface area (Å²) < 4.78 is 6.01. The van der Waals surface area contributed by atoms with Gasteiger partial charge in [-0.25, -0.2) is 0 Å². The molecule has 0 radical (unpaired) electrons. The smallest absolute Gasteiger partial charge is 0.249 e. The van der Waals surface area contributed by atoms with Crippen molar-refractivity contribution >= 4 is 23.4 Å². The molecule has 7 heteroatoms. The van der Waals surface area contributed by atoms with Crippen molar-refractivity contribution in [2.45, 2.75) is 50.5 Å². The first kappa shape index (κ1) is 22.7. The average molecular weight is 491 g/mol. The van der Waals surface area contributed by atoms with E-state index in [1.165, 1.54) is 47.4 Å². The van der Waals surface area contributed by atoms with Crippen LogP contribution in [0.15, 0.2) is 64.7 Å². The Labute approximate surface area is 211 Å². The standard InChI is InChI=1S/C28H34N4O2S/c1-2-35-25-8-7-23(29-17-25)16-31-28(33)22-14-26-27(30-15-22)32(9-10-34-26)24-12-20(18-3-4-18)11-21(13-24)19-5-6-19/h7-8,11-14,17-19,23,29-30H,2-6,9-10,15-16H2,1H3,(H,31,33). The Morgan fingerprint density at radius 1 is 1.17 bits per heavy atom. The molecular weight excluding hydrogens is 456 g/mol. The van der Waals surface area contributed by atoms with Crippen molar-refractivity contribution in [3.05, 3.63) is 75.8 Å². The lowest BCUT2D eigenvalue weighted by Crippen LogP contribution is -2.44. The van der Waals surface area contributed by atoms with Crippen molar-refractivity contribution < 1.29 is 9.53 Å². The molecule has 35 heavy (non-hydrogen) atoms. The summed E-state index contributed by atoms with van der Waals surface area (Å²) in [5, 5.41) is 9.92. The lowest BCUT2D eigenvalue weighted by atomic mass is 10.0. The summed E-state index contributed by atoms with van der Waals surface area (Å²) in [5.41, 5.74) is 4.94. The molecule has 3 N–H and O–H groups in total. The molecule has 3 aliphatic heterocycles. The van der Waals surface area contributed by atoms with E-state index in [4.69, 9.17) is 4.74 Å². The molecular formula is C28H34N4O2S. The Morgan fingerprint density at radius 3 is 2.60 bits per heavy atom. The fourth-order valence-electron chi connectivity index (χ4n) is 4.97. The largest absolute Gasteiger partial charge is 0.488 e. The van der Waals surface area contributed by atoms with Gasteiger partial charge in [0.15, 0.2) is 5.76 Å². The molecule has 0 saturated heterocycles.